The van der Waals surface area contributed by atoms with Crippen LogP contribution in [0.4, 0.5) is 0 Å². The van der Waals surface area contributed by atoms with Crippen molar-refractivity contribution in [1.29, 1.82) is 0 Å². The first-order chi connectivity index (χ1) is 6.21. The minimum atomic E-state index is -0.482. The molecule has 2 unspecified atom stereocenters. The number of rotatable bonds is 2. The maximum Gasteiger partial charge on any atom is 0.131 e. The summed E-state index contributed by atoms with van der Waals surface area (Å²) >= 11 is 0. The van der Waals surface area contributed by atoms with E-state index in [4.69, 9.17) is 0 Å². The summed E-state index contributed by atoms with van der Waals surface area (Å²) in [5.41, 5.74) is 0. The van der Waals surface area contributed by atoms with Crippen LogP contribution in [-0.4, -0.2) is 44.7 Å². The largest absolute Gasteiger partial charge is 0.131 e. The first kappa shape index (κ1) is 16.0. The van der Waals surface area contributed by atoms with Crippen LogP contribution in [0.15, 0.2) is 0 Å². The van der Waals surface area contributed by atoms with Gasteiger partial charge in [0, 0.05) is 23.6 Å². The quantitative estimate of drug-likeness (QED) is 0.520. The standard InChI is InChI=1S/C11H32B2P2/c1-10(2,3)14(7,12)9-15(8,13)11(4,5)6/h9H2,1-8,12-13H3. The van der Waals surface area contributed by atoms with Gasteiger partial charge < -0.3 is 0 Å². The fraction of sp³-hybridized carbons (Fsp3) is 1.00. The molecule has 0 aromatic rings. The van der Waals surface area contributed by atoms with E-state index >= 15 is 0 Å². The molecule has 15 heavy (non-hydrogen) atoms. The zero-order valence-electron chi connectivity index (χ0n) is 10.6. The smallest absolute Gasteiger partial charge is 0.123 e. The molecule has 0 aliphatic rings. The Kier molecular flexibility index (Phi) is 4.63. The van der Waals surface area contributed by atoms with Gasteiger partial charge in [0.25, 0.3) is 0 Å². The number of hydrogen-bond acceptors (Lipinski definition) is 0. The Balaban J connectivity index is 4.89. The molecule has 0 nitrogen and oxygen atoms in total. The van der Waals surface area contributed by atoms with Crippen molar-refractivity contribution in [3.05, 3.63) is 0 Å². The molecule has 0 fully saturated rings. The van der Waals surface area contributed by atoms with Crippen molar-refractivity contribution >= 4 is 29.4 Å². The van der Waals surface area contributed by atoms with Crippen molar-refractivity contribution in [2.24, 2.45) is 0 Å². The average molecular weight is 248 g/mol. The van der Waals surface area contributed by atoms with E-state index in [-0.39, 0.29) is 0 Å². The van der Waals surface area contributed by atoms with E-state index in [1.807, 2.05) is 0 Å². The fourth-order valence-electron chi connectivity index (χ4n) is 0.742. The van der Waals surface area contributed by atoms with Crippen LogP contribution in [0.2, 0.25) is 0 Å². The Morgan fingerprint density at radius 1 is 0.733 bits per heavy atom. The average Bonchev–Trinajstić information content (AvgIpc) is 1.77. The lowest BCUT2D eigenvalue weighted by atomic mass is 10.3. The van der Waals surface area contributed by atoms with Crippen molar-refractivity contribution in [3.63, 3.8) is 0 Å². The van der Waals surface area contributed by atoms with E-state index < -0.39 is 14.3 Å². The van der Waals surface area contributed by atoms with E-state index in [0.717, 1.165) is 0 Å². The third kappa shape index (κ3) is 4.05. The van der Waals surface area contributed by atoms with Crippen LogP contribution in [0.5, 0.6) is 0 Å². The first-order valence-corrected chi connectivity index (χ1v) is 8.92. The van der Waals surface area contributed by atoms with Gasteiger partial charge in [-0.3, -0.25) is 0 Å². The summed E-state index contributed by atoms with van der Waals surface area (Å²) in [6.07, 6.45) is 0. The van der Waals surface area contributed by atoms with E-state index in [1.54, 1.807) is 5.90 Å². The molecule has 0 N–H and O–H groups in total. The van der Waals surface area contributed by atoms with Gasteiger partial charge >= 0.3 is 0 Å². The first-order valence-electron chi connectivity index (χ1n) is 4.97. The van der Waals surface area contributed by atoms with Crippen molar-refractivity contribution < 1.29 is 0 Å². The lowest BCUT2D eigenvalue weighted by molar-refractivity contribution is 0.774. The van der Waals surface area contributed by atoms with Crippen LogP contribution in [0.1, 0.15) is 41.5 Å². The second-order valence-corrected chi connectivity index (χ2v) is 12.5. The van der Waals surface area contributed by atoms with Gasteiger partial charge in [-0.1, -0.05) is 0 Å². The third-order valence-electron chi connectivity index (χ3n) is 2.71. The van der Waals surface area contributed by atoms with Crippen LogP contribution < -0.4 is 0 Å². The molecule has 0 aliphatic heterocycles. The van der Waals surface area contributed by atoms with Crippen molar-refractivity contribution in [2.45, 2.75) is 51.9 Å². The Bertz CT molecular complexity index is 198. The van der Waals surface area contributed by atoms with Crippen molar-refractivity contribution in [1.82, 2.24) is 0 Å². The molecule has 2 atom stereocenters. The number of hydrogen-bond donors (Lipinski definition) is 0. The van der Waals surface area contributed by atoms with Crippen LogP contribution in [0.25, 0.3) is 0 Å². The Morgan fingerprint density at radius 3 is 1.07 bits per heavy atom. The van der Waals surface area contributed by atoms with Gasteiger partial charge in [-0.05, 0) is 41.5 Å². The maximum absolute atomic E-state index is 2.69. The van der Waals surface area contributed by atoms with Gasteiger partial charge in [-0.25, -0.2) is 0 Å². The summed E-state index contributed by atoms with van der Waals surface area (Å²) in [5, 5.41) is 1.32. The van der Waals surface area contributed by atoms with Crippen molar-refractivity contribution in [2.75, 3.05) is 19.2 Å². The van der Waals surface area contributed by atoms with Crippen LogP contribution in [-0.2, 0) is 0 Å². The molecule has 0 radical (unpaired) electrons. The summed E-state index contributed by atoms with van der Waals surface area (Å²) < 4.78 is 0. The highest BCUT2D eigenvalue weighted by molar-refractivity contribution is 8.11. The van der Waals surface area contributed by atoms with E-state index in [1.165, 1.54) is 0 Å². The molecule has 0 heterocycles. The second-order valence-electron chi connectivity index (χ2n) is 5.88. The SMILES string of the molecule is [BH3-][P+](C)(C[P+]([BH3-])(C)C(C)(C)C)C(C)(C)C. The highest BCUT2D eigenvalue weighted by Gasteiger charge is 2.44. The van der Waals surface area contributed by atoms with Gasteiger partial charge in [0.15, 0.2) is 0 Å². The predicted octanol–water partition coefficient (Wildman–Crippen LogP) is 2.40. The molecule has 4 heteroatoms. The van der Waals surface area contributed by atoms with Gasteiger partial charge in [-0.2, -0.15) is 0 Å². The summed E-state index contributed by atoms with van der Waals surface area (Å²) in [5.74, 6) is 1.72. The highest BCUT2D eigenvalue weighted by atomic mass is 31.2. The second kappa shape index (κ2) is 4.34. The maximum atomic E-state index is 2.69. The van der Waals surface area contributed by atoms with Crippen molar-refractivity contribution in [3.8, 4) is 0 Å². The molecule has 0 saturated heterocycles. The normalized spacial score (nSPS) is 22.0. The molecular weight excluding hydrogens is 216 g/mol. The van der Waals surface area contributed by atoms with Gasteiger partial charge in [0.1, 0.15) is 15.1 Å². The lowest BCUT2D eigenvalue weighted by Crippen LogP contribution is -2.28. The van der Waals surface area contributed by atoms with Crippen LogP contribution in [0, 0.1) is 0 Å². The topological polar surface area (TPSA) is 0 Å². The molecule has 0 aromatic heterocycles. The monoisotopic (exact) mass is 248 g/mol. The summed E-state index contributed by atoms with van der Waals surface area (Å²) in [6.45, 7) is 20.4. The lowest BCUT2D eigenvalue weighted by Gasteiger charge is -2.47. The van der Waals surface area contributed by atoms with E-state index in [2.05, 4.69) is 54.9 Å². The van der Waals surface area contributed by atoms with Crippen LogP contribution in [0.3, 0.4) is 0 Å². The minimum Gasteiger partial charge on any atom is -0.123 e. The predicted molar refractivity (Wildman–Crippen MR) is 89.9 cm³/mol. The zero-order valence-corrected chi connectivity index (χ0v) is 12.4. The molecule has 0 amide bonds. The minimum absolute atomic E-state index is 0.482. The van der Waals surface area contributed by atoms with Crippen LogP contribution >= 0.6 is 14.3 Å². The zero-order chi connectivity index (χ0) is 12.7. The molecule has 0 rings (SSSR count). The Labute approximate surface area is 101 Å². The molecule has 0 spiro atoms. The molecular formula is C11H32B2P2. The Morgan fingerprint density at radius 2 is 0.933 bits per heavy atom. The van der Waals surface area contributed by atoms with E-state index in [9.17, 15) is 0 Å². The van der Waals surface area contributed by atoms with E-state index in [0.29, 0.717) is 25.4 Å². The van der Waals surface area contributed by atoms with Gasteiger partial charge in [-0.15, -0.1) is 14.3 Å². The third-order valence-corrected chi connectivity index (χ3v) is 10.7. The molecule has 0 aliphatic carbocycles. The fourth-order valence-corrected chi connectivity index (χ4v) is 6.68. The van der Waals surface area contributed by atoms with Gasteiger partial charge in [0.05, 0.1) is 5.90 Å². The summed E-state index contributed by atoms with van der Waals surface area (Å²) in [4.78, 5) is 0. The molecule has 92 valence electrons. The summed E-state index contributed by atoms with van der Waals surface area (Å²) in [6, 6.07) is 0. The highest BCUT2D eigenvalue weighted by Crippen LogP contribution is 2.76. The Hall–Kier alpha value is 0.990. The summed E-state index contributed by atoms with van der Waals surface area (Å²) in [7, 11) is 0.126. The molecule has 0 bridgehead atoms. The molecule has 0 aromatic carbocycles. The molecule has 0 saturated carbocycles. The van der Waals surface area contributed by atoms with Gasteiger partial charge in [0.2, 0.25) is 0 Å².